The van der Waals surface area contributed by atoms with Gasteiger partial charge in [-0.25, -0.2) is 4.98 Å². The smallest absolute Gasteiger partial charge is 0.272 e. The zero-order valence-corrected chi connectivity index (χ0v) is 15.2. The van der Waals surface area contributed by atoms with E-state index in [2.05, 4.69) is 10.3 Å². The van der Waals surface area contributed by atoms with Gasteiger partial charge in [0.1, 0.15) is 11.4 Å². The lowest BCUT2D eigenvalue weighted by Crippen LogP contribution is -2.33. The Morgan fingerprint density at radius 2 is 1.65 bits per heavy atom. The predicted molar refractivity (Wildman–Crippen MR) is 101 cm³/mol. The highest BCUT2D eigenvalue weighted by Gasteiger charge is 2.19. The second-order valence-corrected chi connectivity index (χ2v) is 6.72. The van der Waals surface area contributed by atoms with Gasteiger partial charge in [-0.2, -0.15) is 0 Å². The normalized spacial score (nSPS) is 14.6. The fraction of sp³-hybridized carbons (Fsp3) is 0.381. The van der Waals surface area contributed by atoms with E-state index in [1.54, 1.807) is 18.2 Å². The van der Waals surface area contributed by atoms with Gasteiger partial charge >= 0.3 is 0 Å². The molecule has 0 spiro atoms. The fourth-order valence-electron chi connectivity index (χ4n) is 3.19. The van der Waals surface area contributed by atoms with E-state index in [0.717, 1.165) is 37.1 Å². The maximum atomic E-state index is 12.7. The number of nitrogens with zero attached hydrogens (tertiary/aromatic N) is 2. The molecule has 136 valence electrons. The van der Waals surface area contributed by atoms with Crippen molar-refractivity contribution in [2.75, 3.05) is 13.1 Å². The molecule has 1 aliphatic rings. The average molecular weight is 351 g/mol. The van der Waals surface area contributed by atoms with Gasteiger partial charge in [0.05, 0.1) is 0 Å². The van der Waals surface area contributed by atoms with Gasteiger partial charge in [-0.1, -0.05) is 43.2 Å². The van der Waals surface area contributed by atoms with Crippen LogP contribution in [0.15, 0.2) is 42.5 Å². The van der Waals surface area contributed by atoms with Crippen molar-refractivity contribution in [2.45, 2.75) is 39.2 Å². The van der Waals surface area contributed by atoms with Crippen LogP contribution in [0.5, 0.6) is 0 Å². The Hall–Kier alpha value is -2.69. The van der Waals surface area contributed by atoms with E-state index >= 15 is 0 Å². The minimum Gasteiger partial charge on any atom is -0.347 e. The van der Waals surface area contributed by atoms with E-state index in [9.17, 15) is 9.59 Å². The molecule has 2 heterocycles. The second kappa shape index (κ2) is 8.61. The minimum atomic E-state index is -0.265. The zero-order valence-electron chi connectivity index (χ0n) is 15.2. The first kappa shape index (κ1) is 18.1. The number of carbonyl (C=O) groups excluding carboxylic acids is 2. The number of hydrogen-bond acceptors (Lipinski definition) is 3. The summed E-state index contributed by atoms with van der Waals surface area (Å²) in [7, 11) is 0. The summed E-state index contributed by atoms with van der Waals surface area (Å²) in [5.41, 5.74) is 2.82. The van der Waals surface area contributed by atoms with E-state index in [1.165, 1.54) is 12.8 Å². The highest BCUT2D eigenvalue weighted by atomic mass is 16.2. The van der Waals surface area contributed by atoms with Gasteiger partial charge in [-0.3, -0.25) is 9.59 Å². The van der Waals surface area contributed by atoms with Gasteiger partial charge in [0.2, 0.25) is 0 Å². The van der Waals surface area contributed by atoms with Crippen LogP contribution in [0.3, 0.4) is 0 Å². The predicted octanol–water partition coefficient (Wildman–Crippen LogP) is 3.34. The first-order valence-electron chi connectivity index (χ1n) is 9.24. The van der Waals surface area contributed by atoms with Crippen molar-refractivity contribution in [1.29, 1.82) is 0 Å². The molecule has 0 atom stereocenters. The molecule has 5 heteroatoms. The van der Waals surface area contributed by atoms with Crippen molar-refractivity contribution in [1.82, 2.24) is 15.2 Å². The molecule has 1 fully saturated rings. The van der Waals surface area contributed by atoms with E-state index in [-0.39, 0.29) is 17.5 Å². The first-order valence-corrected chi connectivity index (χ1v) is 9.24. The zero-order chi connectivity index (χ0) is 18.4. The number of nitrogens with one attached hydrogen (secondary N) is 1. The monoisotopic (exact) mass is 351 g/mol. The van der Waals surface area contributed by atoms with Crippen molar-refractivity contribution in [2.24, 2.45) is 0 Å². The summed E-state index contributed by atoms with van der Waals surface area (Å²) >= 11 is 0. The molecule has 0 bridgehead atoms. The third-order valence-electron chi connectivity index (χ3n) is 4.79. The van der Waals surface area contributed by atoms with Crippen molar-refractivity contribution in [3.05, 3.63) is 65.0 Å². The summed E-state index contributed by atoms with van der Waals surface area (Å²) in [4.78, 5) is 31.3. The molecular formula is C21H25N3O2. The van der Waals surface area contributed by atoms with E-state index in [1.807, 2.05) is 36.1 Å². The minimum absolute atomic E-state index is 0.0829. The Labute approximate surface area is 154 Å². The van der Waals surface area contributed by atoms with Gasteiger partial charge in [0, 0.05) is 19.6 Å². The van der Waals surface area contributed by atoms with Crippen molar-refractivity contribution < 1.29 is 9.59 Å². The summed E-state index contributed by atoms with van der Waals surface area (Å²) in [6.07, 6.45) is 4.39. The number of hydrogen-bond donors (Lipinski definition) is 1. The number of rotatable bonds is 4. The maximum Gasteiger partial charge on any atom is 0.272 e. The lowest BCUT2D eigenvalue weighted by atomic mass is 10.1. The number of carbonyl (C=O) groups is 2. The molecule has 0 unspecified atom stereocenters. The van der Waals surface area contributed by atoms with Crippen LogP contribution in [0.2, 0.25) is 0 Å². The summed E-state index contributed by atoms with van der Waals surface area (Å²) in [5.74, 6) is -0.348. The Morgan fingerprint density at radius 1 is 0.962 bits per heavy atom. The van der Waals surface area contributed by atoms with Gasteiger partial charge in [0.15, 0.2) is 0 Å². The van der Waals surface area contributed by atoms with Gasteiger partial charge in [-0.05, 0) is 43.0 Å². The third kappa shape index (κ3) is 4.48. The maximum absolute atomic E-state index is 12.7. The molecule has 1 aliphatic heterocycles. The van der Waals surface area contributed by atoms with E-state index in [4.69, 9.17) is 0 Å². The van der Waals surface area contributed by atoms with E-state index in [0.29, 0.717) is 12.2 Å². The highest BCUT2D eigenvalue weighted by Crippen LogP contribution is 2.13. The standard InChI is InChI=1S/C21H25N3O2/c1-16-9-4-5-10-17(16)15-22-20(25)18-11-8-12-19(23-18)21(26)24-13-6-2-3-7-14-24/h4-5,8-12H,2-3,6-7,13-15H2,1H3,(H,22,25). The molecule has 1 aromatic carbocycles. The summed E-state index contributed by atoms with van der Waals surface area (Å²) in [5, 5.41) is 2.89. The van der Waals surface area contributed by atoms with Crippen molar-refractivity contribution in [3.8, 4) is 0 Å². The van der Waals surface area contributed by atoms with Gasteiger partial charge in [0.25, 0.3) is 11.8 Å². The topological polar surface area (TPSA) is 62.3 Å². The van der Waals surface area contributed by atoms with Crippen LogP contribution < -0.4 is 5.32 Å². The molecule has 0 radical (unpaired) electrons. The SMILES string of the molecule is Cc1ccccc1CNC(=O)c1cccc(C(=O)N2CCCCCC2)n1. The number of pyridine rings is 1. The van der Waals surface area contributed by atoms with E-state index < -0.39 is 0 Å². The Balaban J connectivity index is 1.67. The molecular weight excluding hydrogens is 326 g/mol. The number of benzene rings is 1. The number of amides is 2. The van der Waals surface area contributed by atoms with Crippen molar-refractivity contribution in [3.63, 3.8) is 0 Å². The molecule has 2 amide bonds. The number of aryl methyl sites for hydroxylation is 1. The highest BCUT2D eigenvalue weighted by molar-refractivity contribution is 5.96. The largest absolute Gasteiger partial charge is 0.347 e. The van der Waals surface area contributed by atoms with Crippen LogP contribution in [-0.2, 0) is 6.54 Å². The molecule has 1 aromatic heterocycles. The fourth-order valence-corrected chi connectivity index (χ4v) is 3.19. The molecule has 1 N–H and O–H groups in total. The van der Waals surface area contributed by atoms with Crippen LogP contribution in [0.1, 0.15) is 57.8 Å². The molecule has 0 aliphatic carbocycles. The van der Waals surface area contributed by atoms with Crippen LogP contribution >= 0.6 is 0 Å². The van der Waals surface area contributed by atoms with Crippen LogP contribution in [0.4, 0.5) is 0 Å². The average Bonchev–Trinajstić information content (AvgIpc) is 2.96. The Morgan fingerprint density at radius 3 is 2.38 bits per heavy atom. The number of aromatic nitrogens is 1. The Bertz CT molecular complexity index is 780. The molecule has 5 nitrogen and oxygen atoms in total. The first-order chi connectivity index (χ1) is 12.6. The summed E-state index contributed by atoms with van der Waals surface area (Å²) in [6, 6.07) is 13.0. The summed E-state index contributed by atoms with van der Waals surface area (Å²) in [6.45, 7) is 3.99. The molecule has 2 aromatic rings. The van der Waals surface area contributed by atoms with Crippen LogP contribution in [0.25, 0.3) is 0 Å². The van der Waals surface area contributed by atoms with Gasteiger partial charge < -0.3 is 10.2 Å². The van der Waals surface area contributed by atoms with Crippen LogP contribution in [-0.4, -0.2) is 34.8 Å². The molecule has 0 saturated carbocycles. The molecule has 26 heavy (non-hydrogen) atoms. The van der Waals surface area contributed by atoms with Crippen LogP contribution in [0, 0.1) is 6.92 Å². The lowest BCUT2D eigenvalue weighted by Gasteiger charge is -2.19. The van der Waals surface area contributed by atoms with Crippen molar-refractivity contribution >= 4 is 11.8 Å². The molecule has 1 saturated heterocycles. The summed E-state index contributed by atoms with van der Waals surface area (Å²) < 4.78 is 0. The Kier molecular flexibility index (Phi) is 6.00. The molecule has 3 rings (SSSR count). The lowest BCUT2D eigenvalue weighted by molar-refractivity contribution is 0.0755. The number of likely N-dealkylation sites (tertiary alicyclic amines) is 1. The third-order valence-corrected chi connectivity index (χ3v) is 4.79. The van der Waals surface area contributed by atoms with Gasteiger partial charge in [-0.15, -0.1) is 0 Å². The second-order valence-electron chi connectivity index (χ2n) is 6.72. The quantitative estimate of drug-likeness (QED) is 0.919.